The fourth-order valence-corrected chi connectivity index (χ4v) is 2.25. The number of carbonyl (C=O) groups excluding carboxylic acids is 1. The molecule has 5 nitrogen and oxygen atoms in total. The second kappa shape index (κ2) is 4.66. The lowest BCUT2D eigenvalue weighted by Crippen LogP contribution is -2.11. The van der Waals surface area contributed by atoms with Crippen LogP contribution in [-0.4, -0.2) is 25.6 Å². The van der Waals surface area contributed by atoms with Gasteiger partial charge < -0.3 is 9.72 Å². The molecule has 0 amide bonds. The number of carbonyl (C=O) groups is 1. The highest BCUT2D eigenvalue weighted by atomic mass is 32.2. The first-order valence-corrected chi connectivity index (χ1v) is 7.02. The Morgan fingerprint density at radius 2 is 1.89 bits per heavy atom. The van der Waals surface area contributed by atoms with Crippen LogP contribution >= 0.6 is 0 Å². The minimum Gasteiger partial charge on any atom is -0.420 e. The van der Waals surface area contributed by atoms with Crippen molar-refractivity contribution in [1.29, 1.82) is 0 Å². The molecule has 1 heterocycles. The first-order chi connectivity index (χ1) is 8.48. The molecule has 0 radical (unpaired) electrons. The van der Waals surface area contributed by atoms with Crippen LogP contribution in [0.25, 0.3) is 0 Å². The predicted octanol–water partition coefficient (Wildman–Crippen LogP) is 1.64. The van der Waals surface area contributed by atoms with Gasteiger partial charge in [-0.05, 0) is 24.3 Å². The molecule has 2 rings (SSSR count). The molecule has 0 aliphatic rings. The maximum absolute atomic E-state index is 11.7. The minimum atomic E-state index is -3.44. The van der Waals surface area contributed by atoms with E-state index in [1.165, 1.54) is 12.1 Å². The molecule has 1 N–H and O–H groups in total. The van der Waals surface area contributed by atoms with Gasteiger partial charge in [-0.15, -0.1) is 0 Å². The van der Waals surface area contributed by atoms with Gasteiger partial charge in [-0.1, -0.05) is 12.1 Å². The quantitative estimate of drug-likeness (QED) is 0.676. The SMILES string of the molecule is CS(=O)(=O)c1ccccc1OC(=O)c1ccc[nH]1. The summed E-state index contributed by atoms with van der Waals surface area (Å²) in [7, 11) is -3.44. The number of hydrogen-bond donors (Lipinski definition) is 1. The van der Waals surface area contributed by atoms with Gasteiger partial charge in [0.1, 0.15) is 16.3 Å². The zero-order chi connectivity index (χ0) is 13.2. The summed E-state index contributed by atoms with van der Waals surface area (Å²) in [5, 5.41) is 0. The average molecular weight is 265 g/mol. The van der Waals surface area contributed by atoms with Crippen LogP contribution in [-0.2, 0) is 9.84 Å². The van der Waals surface area contributed by atoms with Crippen LogP contribution in [0.3, 0.4) is 0 Å². The van der Waals surface area contributed by atoms with E-state index in [4.69, 9.17) is 4.74 Å². The maximum Gasteiger partial charge on any atom is 0.360 e. The van der Waals surface area contributed by atoms with E-state index in [1.807, 2.05) is 0 Å². The Labute approximate surface area is 104 Å². The van der Waals surface area contributed by atoms with Crippen LogP contribution in [0.4, 0.5) is 0 Å². The summed E-state index contributed by atoms with van der Waals surface area (Å²) in [6, 6.07) is 9.21. The summed E-state index contributed by atoms with van der Waals surface area (Å²) >= 11 is 0. The van der Waals surface area contributed by atoms with E-state index in [9.17, 15) is 13.2 Å². The standard InChI is InChI=1S/C12H11NO4S/c1-18(15,16)11-7-3-2-6-10(11)17-12(14)9-5-4-8-13-9/h2-8,13H,1H3. The number of aromatic nitrogens is 1. The van der Waals surface area contributed by atoms with Gasteiger partial charge in [-0.3, -0.25) is 0 Å². The number of ether oxygens (including phenoxy) is 1. The summed E-state index contributed by atoms with van der Waals surface area (Å²) in [6.45, 7) is 0. The van der Waals surface area contributed by atoms with Gasteiger partial charge in [0, 0.05) is 12.5 Å². The molecular weight excluding hydrogens is 254 g/mol. The highest BCUT2D eigenvalue weighted by Crippen LogP contribution is 2.23. The zero-order valence-corrected chi connectivity index (χ0v) is 10.4. The number of rotatable bonds is 3. The lowest BCUT2D eigenvalue weighted by molar-refractivity contribution is 0.0725. The first-order valence-electron chi connectivity index (χ1n) is 5.13. The number of para-hydroxylation sites is 1. The Bertz CT molecular complexity index is 659. The van der Waals surface area contributed by atoms with E-state index >= 15 is 0 Å². The summed E-state index contributed by atoms with van der Waals surface area (Å²) in [4.78, 5) is 14.4. The molecule has 0 saturated carbocycles. The molecule has 0 bridgehead atoms. The number of hydrogen-bond acceptors (Lipinski definition) is 4. The van der Waals surface area contributed by atoms with Gasteiger partial charge in [-0.25, -0.2) is 13.2 Å². The average Bonchev–Trinajstić information content (AvgIpc) is 2.81. The zero-order valence-electron chi connectivity index (χ0n) is 9.58. The van der Waals surface area contributed by atoms with Crippen LogP contribution in [0.2, 0.25) is 0 Å². The van der Waals surface area contributed by atoms with Crippen LogP contribution in [0.1, 0.15) is 10.5 Å². The largest absolute Gasteiger partial charge is 0.420 e. The second-order valence-corrected chi connectivity index (χ2v) is 5.68. The molecule has 94 valence electrons. The summed E-state index contributed by atoms with van der Waals surface area (Å²) in [6.07, 6.45) is 2.65. The highest BCUT2D eigenvalue weighted by Gasteiger charge is 2.17. The molecule has 18 heavy (non-hydrogen) atoms. The number of H-pyrrole nitrogens is 1. The lowest BCUT2D eigenvalue weighted by Gasteiger charge is -2.07. The van der Waals surface area contributed by atoms with Crippen LogP contribution < -0.4 is 4.74 Å². The fourth-order valence-electron chi connectivity index (χ4n) is 1.45. The number of benzene rings is 1. The van der Waals surface area contributed by atoms with Crippen molar-refractivity contribution in [3.8, 4) is 5.75 Å². The molecule has 1 aromatic heterocycles. The molecule has 0 unspecified atom stereocenters. The van der Waals surface area contributed by atoms with E-state index in [1.54, 1.807) is 30.5 Å². The Morgan fingerprint density at radius 1 is 1.17 bits per heavy atom. The van der Waals surface area contributed by atoms with Gasteiger partial charge in [0.15, 0.2) is 9.84 Å². The van der Waals surface area contributed by atoms with Crippen molar-refractivity contribution in [2.45, 2.75) is 4.90 Å². The van der Waals surface area contributed by atoms with Gasteiger partial charge in [0.25, 0.3) is 0 Å². The third-order valence-electron chi connectivity index (χ3n) is 2.27. The third kappa shape index (κ3) is 2.60. The van der Waals surface area contributed by atoms with E-state index in [0.717, 1.165) is 6.26 Å². The summed E-state index contributed by atoms with van der Waals surface area (Å²) < 4.78 is 28.1. The van der Waals surface area contributed by atoms with Crippen molar-refractivity contribution in [3.63, 3.8) is 0 Å². The van der Waals surface area contributed by atoms with Crippen molar-refractivity contribution in [3.05, 3.63) is 48.3 Å². The Balaban J connectivity index is 2.33. The molecule has 2 aromatic rings. The van der Waals surface area contributed by atoms with E-state index in [2.05, 4.69) is 4.98 Å². The fraction of sp³-hybridized carbons (Fsp3) is 0.0833. The van der Waals surface area contributed by atoms with Crippen molar-refractivity contribution < 1.29 is 17.9 Å². The molecule has 0 saturated heterocycles. The Hall–Kier alpha value is -2.08. The highest BCUT2D eigenvalue weighted by molar-refractivity contribution is 7.90. The van der Waals surface area contributed by atoms with Gasteiger partial charge in [-0.2, -0.15) is 0 Å². The Kier molecular flexibility index (Phi) is 3.20. The van der Waals surface area contributed by atoms with Crippen molar-refractivity contribution in [1.82, 2.24) is 4.98 Å². The first kappa shape index (κ1) is 12.4. The summed E-state index contributed by atoms with van der Waals surface area (Å²) in [5.74, 6) is -0.601. The molecule has 0 spiro atoms. The molecule has 1 aromatic carbocycles. The topological polar surface area (TPSA) is 76.2 Å². The molecule has 6 heteroatoms. The monoisotopic (exact) mass is 265 g/mol. The van der Waals surface area contributed by atoms with E-state index in [-0.39, 0.29) is 16.3 Å². The maximum atomic E-state index is 11.7. The third-order valence-corrected chi connectivity index (χ3v) is 3.41. The van der Waals surface area contributed by atoms with Crippen molar-refractivity contribution in [2.75, 3.05) is 6.26 Å². The molecule has 0 aliphatic carbocycles. The van der Waals surface area contributed by atoms with Crippen LogP contribution in [0, 0.1) is 0 Å². The molecular formula is C12H11NO4S. The lowest BCUT2D eigenvalue weighted by atomic mass is 10.3. The number of esters is 1. The molecule has 0 aliphatic heterocycles. The van der Waals surface area contributed by atoms with Gasteiger partial charge in [0.05, 0.1) is 0 Å². The van der Waals surface area contributed by atoms with E-state index < -0.39 is 15.8 Å². The predicted molar refractivity (Wildman–Crippen MR) is 65.3 cm³/mol. The van der Waals surface area contributed by atoms with Crippen LogP contribution in [0.5, 0.6) is 5.75 Å². The number of nitrogens with one attached hydrogen (secondary N) is 1. The van der Waals surface area contributed by atoms with Crippen molar-refractivity contribution >= 4 is 15.8 Å². The van der Waals surface area contributed by atoms with Crippen molar-refractivity contribution in [2.24, 2.45) is 0 Å². The minimum absolute atomic E-state index is 0.00935. The van der Waals surface area contributed by atoms with Crippen LogP contribution in [0.15, 0.2) is 47.5 Å². The number of aromatic amines is 1. The summed E-state index contributed by atoms with van der Waals surface area (Å²) in [5.41, 5.74) is 0.262. The van der Waals surface area contributed by atoms with Gasteiger partial charge >= 0.3 is 5.97 Å². The van der Waals surface area contributed by atoms with Gasteiger partial charge in [0.2, 0.25) is 0 Å². The second-order valence-electron chi connectivity index (χ2n) is 3.69. The normalized spacial score (nSPS) is 11.2. The number of sulfone groups is 1. The molecule has 0 atom stereocenters. The smallest absolute Gasteiger partial charge is 0.360 e. The molecule has 0 fully saturated rings. The Morgan fingerprint density at radius 3 is 2.50 bits per heavy atom. The van der Waals surface area contributed by atoms with E-state index in [0.29, 0.717) is 0 Å².